The number of hydrogen-bond acceptors (Lipinski definition) is 1. The summed E-state index contributed by atoms with van der Waals surface area (Å²) < 4.78 is 0. The summed E-state index contributed by atoms with van der Waals surface area (Å²) in [6, 6.07) is 11.3. The zero-order valence-corrected chi connectivity index (χ0v) is 11.2. The molecule has 3 rings (SSSR count). The molecule has 1 saturated heterocycles. The summed E-state index contributed by atoms with van der Waals surface area (Å²) in [5.41, 5.74) is 2.29. The third kappa shape index (κ3) is 2.73. The van der Waals surface area contributed by atoms with E-state index in [0.717, 1.165) is 12.0 Å². The third-order valence-corrected chi connectivity index (χ3v) is 4.01. The van der Waals surface area contributed by atoms with Crippen LogP contribution in [0.5, 0.6) is 0 Å². The fraction of sp³-hybridized carbons (Fsp3) is 0.333. The molecular weight excluding hydrogens is 230 g/mol. The van der Waals surface area contributed by atoms with Crippen molar-refractivity contribution in [1.29, 1.82) is 0 Å². The van der Waals surface area contributed by atoms with E-state index in [-0.39, 0.29) is 0 Å². The number of nitrogens with zero attached hydrogens (tertiary/aromatic N) is 1. The lowest BCUT2D eigenvalue weighted by molar-refractivity contribution is 0.257. The smallest absolute Gasteiger partial charge is 0.0290 e. The van der Waals surface area contributed by atoms with E-state index in [4.69, 9.17) is 0 Å². The fourth-order valence-electron chi connectivity index (χ4n) is 2.87. The van der Waals surface area contributed by atoms with Crippen LogP contribution in [-0.4, -0.2) is 24.0 Å². The van der Waals surface area contributed by atoms with E-state index >= 15 is 0 Å². The zero-order chi connectivity index (χ0) is 13.1. The van der Waals surface area contributed by atoms with Gasteiger partial charge in [-0.1, -0.05) is 36.1 Å². The molecule has 1 fully saturated rings. The van der Waals surface area contributed by atoms with Gasteiger partial charge in [-0.05, 0) is 50.3 Å². The molecule has 94 valence electrons. The van der Waals surface area contributed by atoms with Gasteiger partial charge in [-0.3, -0.25) is 4.90 Å². The van der Waals surface area contributed by atoms with Gasteiger partial charge in [-0.25, -0.2) is 0 Å². The van der Waals surface area contributed by atoms with Gasteiger partial charge in [-0.2, -0.15) is 0 Å². The first kappa shape index (κ1) is 12.1. The van der Waals surface area contributed by atoms with Crippen molar-refractivity contribution in [3.63, 3.8) is 0 Å². The van der Waals surface area contributed by atoms with Crippen LogP contribution in [0.4, 0.5) is 0 Å². The first-order valence-corrected chi connectivity index (χ1v) is 6.82. The highest BCUT2D eigenvalue weighted by Crippen LogP contribution is 2.32. The molecule has 1 aromatic carbocycles. The molecule has 2 heterocycles. The molecule has 0 spiro atoms. The summed E-state index contributed by atoms with van der Waals surface area (Å²) in [5.74, 6) is 12.2. The number of rotatable bonds is 0. The maximum atomic E-state index is 3.22. The van der Waals surface area contributed by atoms with Gasteiger partial charge in [0.2, 0.25) is 0 Å². The van der Waals surface area contributed by atoms with Gasteiger partial charge < -0.3 is 0 Å². The van der Waals surface area contributed by atoms with Crippen molar-refractivity contribution in [2.45, 2.75) is 31.3 Å². The first-order chi connectivity index (χ1) is 9.33. The minimum Gasteiger partial charge on any atom is -0.297 e. The Morgan fingerprint density at radius 2 is 1.84 bits per heavy atom. The van der Waals surface area contributed by atoms with Crippen LogP contribution in [0.3, 0.4) is 0 Å². The second kappa shape index (κ2) is 5.35. The topological polar surface area (TPSA) is 3.24 Å². The van der Waals surface area contributed by atoms with Crippen LogP contribution in [0.2, 0.25) is 0 Å². The Balaban J connectivity index is 1.69. The third-order valence-electron chi connectivity index (χ3n) is 4.01. The second-order valence-electron chi connectivity index (χ2n) is 5.23. The van der Waals surface area contributed by atoms with Crippen molar-refractivity contribution in [3.8, 4) is 23.7 Å². The van der Waals surface area contributed by atoms with Gasteiger partial charge in [0.05, 0.1) is 0 Å². The van der Waals surface area contributed by atoms with E-state index in [0.29, 0.717) is 12.1 Å². The maximum absolute atomic E-state index is 3.22. The standard InChI is InChI=1S/C18H17N/c1-19-17-11-12-18(19)14-16(13-17)10-6-5-9-15-7-3-2-4-8-15/h2-4,7-8,13,17-18H,11-12,14H2,1H3. The average molecular weight is 247 g/mol. The summed E-state index contributed by atoms with van der Waals surface area (Å²) in [4.78, 5) is 2.47. The average Bonchev–Trinajstić information content (AvgIpc) is 2.67. The summed E-state index contributed by atoms with van der Waals surface area (Å²) in [6.45, 7) is 0. The van der Waals surface area contributed by atoms with E-state index in [1.807, 2.05) is 30.3 Å². The van der Waals surface area contributed by atoms with Gasteiger partial charge >= 0.3 is 0 Å². The van der Waals surface area contributed by atoms with E-state index in [1.165, 1.54) is 18.4 Å². The number of benzene rings is 1. The molecule has 19 heavy (non-hydrogen) atoms. The molecule has 1 nitrogen and oxygen atoms in total. The van der Waals surface area contributed by atoms with Crippen LogP contribution in [0.15, 0.2) is 42.0 Å². The summed E-state index contributed by atoms with van der Waals surface area (Å²) in [7, 11) is 2.22. The minimum atomic E-state index is 0.602. The highest BCUT2D eigenvalue weighted by Gasteiger charge is 2.33. The molecule has 2 unspecified atom stereocenters. The fourth-order valence-corrected chi connectivity index (χ4v) is 2.87. The zero-order valence-electron chi connectivity index (χ0n) is 11.2. The largest absolute Gasteiger partial charge is 0.297 e. The van der Waals surface area contributed by atoms with Crippen LogP contribution in [0.25, 0.3) is 0 Å². The summed E-state index contributed by atoms with van der Waals surface area (Å²) in [6.07, 6.45) is 5.99. The van der Waals surface area contributed by atoms with Crippen molar-refractivity contribution in [3.05, 3.63) is 47.5 Å². The van der Waals surface area contributed by atoms with Gasteiger partial charge in [0.15, 0.2) is 0 Å². The molecule has 0 aliphatic carbocycles. The molecule has 2 atom stereocenters. The quantitative estimate of drug-likeness (QED) is 0.637. The van der Waals surface area contributed by atoms with Crippen molar-refractivity contribution >= 4 is 0 Å². The SMILES string of the molecule is CN1C2C=C(C#CC#Cc3ccccc3)CC1CC2. The van der Waals surface area contributed by atoms with Crippen LogP contribution in [0, 0.1) is 23.7 Å². The predicted molar refractivity (Wildman–Crippen MR) is 78.4 cm³/mol. The van der Waals surface area contributed by atoms with E-state index in [1.54, 1.807) is 0 Å². The summed E-state index contributed by atoms with van der Waals surface area (Å²) >= 11 is 0. The lowest BCUT2D eigenvalue weighted by Gasteiger charge is -2.28. The Bertz CT molecular complexity index is 604. The molecule has 2 bridgehead atoms. The Hall–Kier alpha value is -1.96. The van der Waals surface area contributed by atoms with E-state index in [9.17, 15) is 0 Å². The van der Waals surface area contributed by atoms with Crippen LogP contribution < -0.4 is 0 Å². The van der Waals surface area contributed by atoms with Crippen LogP contribution in [-0.2, 0) is 0 Å². The van der Waals surface area contributed by atoms with Gasteiger partial charge in [0.1, 0.15) is 0 Å². The number of hydrogen-bond donors (Lipinski definition) is 0. The molecule has 0 saturated carbocycles. The Kier molecular flexibility index (Phi) is 3.41. The molecule has 0 amide bonds. The first-order valence-electron chi connectivity index (χ1n) is 6.82. The molecule has 1 heteroatoms. The lowest BCUT2D eigenvalue weighted by Crippen LogP contribution is -2.34. The molecular formula is C18H17N. The normalized spacial score (nSPS) is 24.8. The second-order valence-corrected chi connectivity index (χ2v) is 5.23. The minimum absolute atomic E-state index is 0.602. The summed E-state index contributed by atoms with van der Waals surface area (Å²) in [5, 5.41) is 0. The monoisotopic (exact) mass is 247 g/mol. The molecule has 0 N–H and O–H groups in total. The molecule has 2 aliphatic heterocycles. The highest BCUT2D eigenvalue weighted by molar-refractivity contribution is 5.44. The predicted octanol–water partition coefficient (Wildman–Crippen LogP) is 2.83. The van der Waals surface area contributed by atoms with Crippen molar-refractivity contribution in [1.82, 2.24) is 4.90 Å². The van der Waals surface area contributed by atoms with Gasteiger partial charge in [0.25, 0.3) is 0 Å². The van der Waals surface area contributed by atoms with Gasteiger partial charge in [-0.15, -0.1) is 0 Å². The van der Waals surface area contributed by atoms with Crippen molar-refractivity contribution < 1.29 is 0 Å². The Morgan fingerprint density at radius 1 is 1.05 bits per heavy atom. The van der Waals surface area contributed by atoms with Crippen LogP contribution in [0.1, 0.15) is 24.8 Å². The Labute approximate surface area is 115 Å². The van der Waals surface area contributed by atoms with Crippen LogP contribution >= 0.6 is 0 Å². The van der Waals surface area contributed by atoms with Crippen molar-refractivity contribution in [2.75, 3.05) is 7.05 Å². The highest BCUT2D eigenvalue weighted by atomic mass is 15.2. The molecule has 1 aromatic rings. The molecule has 0 aromatic heterocycles. The van der Waals surface area contributed by atoms with Crippen molar-refractivity contribution in [2.24, 2.45) is 0 Å². The number of likely N-dealkylation sites (N-methyl/N-ethyl adjacent to an activating group) is 1. The molecule has 0 radical (unpaired) electrons. The van der Waals surface area contributed by atoms with E-state index in [2.05, 4.69) is 41.7 Å². The number of fused-ring (bicyclic) bond motifs is 2. The maximum Gasteiger partial charge on any atom is 0.0290 e. The molecule has 2 aliphatic rings. The van der Waals surface area contributed by atoms with Gasteiger partial charge in [0, 0.05) is 23.2 Å². The Morgan fingerprint density at radius 3 is 2.63 bits per heavy atom. The lowest BCUT2D eigenvalue weighted by atomic mass is 10.0. The van der Waals surface area contributed by atoms with E-state index < -0.39 is 0 Å².